The Hall–Kier alpha value is -4.31. The van der Waals surface area contributed by atoms with Crippen molar-refractivity contribution in [3.8, 4) is 11.5 Å². The molecule has 1 aliphatic heterocycles. The van der Waals surface area contributed by atoms with Crippen molar-refractivity contribution in [2.45, 2.75) is 26.4 Å². The lowest BCUT2D eigenvalue weighted by atomic mass is 10.1. The van der Waals surface area contributed by atoms with Crippen LogP contribution in [0.25, 0.3) is 22.1 Å². The fourth-order valence-corrected chi connectivity index (χ4v) is 4.56. The summed E-state index contributed by atoms with van der Waals surface area (Å²) in [7, 11) is 1.97. The van der Waals surface area contributed by atoms with Crippen LogP contribution in [0.5, 0.6) is 11.5 Å². The molecular formula is C27H28N8O2. The van der Waals surface area contributed by atoms with Gasteiger partial charge in [-0.25, -0.2) is 24.9 Å². The van der Waals surface area contributed by atoms with Crippen LogP contribution in [0.4, 0.5) is 17.5 Å². The molecule has 188 valence electrons. The second kappa shape index (κ2) is 8.97. The molecule has 1 saturated heterocycles. The third kappa shape index (κ3) is 4.63. The molecule has 0 radical (unpaired) electrons. The summed E-state index contributed by atoms with van der Waals surface area (Å²) >= 11 is 0. The van der Waals surface area contributed by atoms with Gasteiger partial charge in [0, 0.05) is 31.9 Å². The largest absolute Gasteiger partial charge is 0.457 e. The van der Waals surface area contributed by atoms with Gasteiger partial charge in [0.2, 0.25) is 5.95 Å². The number of aryl methyl sites for hydroxylation is 2. The van der Waals surface area contributed by atoms with Crippen LogP contribution in [0.3, 0.4) is 0 Å². The van der Waals surface area contributed by atoms with E-state index in [0.717, 1.165) is 40.3 Å². The lowest BCUT2D eigenvalue weighted by Gasteiger charge is -2.38. The Morgan fingerprint density at radius 3 is 2.76 bits per heavy atom. The zero-order valence-electron chi connectivity index (χ0n) is 21.3. The summed E-state index contributed by atoms with van der Waals surface area (Å²) in [5, 5.41) is 3.40. The fourth-order valence-electron chi connectivity index (χ4n) is 4.56. The maximum Gasteiger partial charge on any atom is 0.226 e. The van der Waals surface area contributed by atoms with Gasteiger partial charge in [0.05, 0.1) is 35.8 Å². The summed E-state index contributed by atoms with van der Waals surface area (Å²) in [5.74, 6) is 2.78. The Balaban J connectivity index is 1.25. The molecule has 0 spiro atoms. The third-order valence-corrected chi connectivity index (χ3v) is 6.44. The second-order valence-corrected chi connectivity index (χ2v) is 9.87. The molecule has 3 aromatic heterocycles. The Kier molecular flexibility index (Phi) is 5.60. The van der Waals surface area contributed by atoms with Crippen LogP contribution in [0.1, 0.15) is 19.4 Å². The van der Waals surface area contributed by atoms with Gasteiger partial charge in [0.15, 0.2) is 5.82 Å². The van der Waals surface area contributed by atoms with Crippen molar-refractivity contribution in [3.05, 3.63) is 60.8 Å². The van der Waals surface area contributed by atoms with Gasteiger partial charge in [-0.15, -0.1) is 0 Å². The average molecular weight is 497 g/mol. The minimum Gasteiger partial charge on any atom is -0.457 e. The van der Waals surface area contributed by atoms with E-state index in [4.69, 9.17) is 14.5 Å². The molecule has 0 atom stereocenters. The SMILES string of the molecule is Cc1cc(Nc2ncnc3cnc(N4CCOC(C)(C)C4)nc23)ccc1Oc1ccc2c(c1)ncn2C. The van der Waals surface area contributed by atoms with Crippen LogP contribution < -0.4 is 15.0 Å². The van der Waals surface area contributed by atoms with Crippen LogP contribution in [-0.2, 0) is 11.8 Å². The number of ether oxygens (including phenoxy) is 2. The number of imidazole rings is 1. The summed E-state index contributed by atoms with van der Waals surface area (Å²) in [4.78, 5) is 24.7. The molecule has 1 fully saturated rings. The van der Waals surface area contributed by atoms with Gasteiger partial charge in [0.25, 0.3) is 0 Å². The van der Waals surface area contributed by atoms with Gasteiger partial charge in [-0.1, -0.05) is 0 Å². The number of nitrogens with zero attached hydrogens (tertiary/aromatic N) is 7. The molecule has 10 nitrogen and oxygen atoms in total. The first-order valence-electron chi connectivity index (χ1n) is 12.2. The quantitative estimate of drug-likeness (QED) is 0.369. The monoisotopic (exact) mass is 496 g/mol. The van der Waals surface area contributed by atoms with Gasteiger partial charge in [-0.3, -0.25) is 0 Å². The number of aromatic nitrogens is 6. The summed E-state index contributed by atoms with van der Waals surface area (Å²) in [6.07, 6.45) is 5.06. The Bertz CT molecular complexity index is 1610. The van der Waals surface area contributed by atoms with E-state index in [1.807, 2.05) is 54.9 Å². The van der Waals surface area contributed by atoms with E-state index >= 15 is 0 Å². The van der Waals surface area contributed by atoms with Gasteiger partial charge in [-0.05, 0) is 56.7 Å². The molecule has 2 aromatic carbocycles. The van der Waals surface area contributed by atoms with Crippen molar-refractivity contribution < 1.29 is 9.47 Å². The molecule has 1 N–H and O–H groups in total. The summed E-state index contributed by atoms with van der Waals surface area (Å²) < 4.78 is 14.0. The Morgan fingerprint density at radius 1 is 1.03 bits per heavy atom. The van der Waals surface area contributed by atoms with Gasteiger partial charge < -0.3 is 24.3 Å². The number of hydrogen-bond acceptors (Lipinski definition) is 9. The highest BCUT2D eigenvalue weighted by Gasteiger charge is 2.29. The number of benzene rings is 2. The van der Waals surface area contributed by atoms with Crippen molar-refractivity contribution in [2.75, 3.05) is 29.9 Å². The number of morpholine rings is 1. The van der Waals surface area contributed by atoms with E-state index in [2.05, 4.69) is 44.0 Å². The maximum atomic E-state index is 6.16. The van der Waals surface area contributed by atoms with Crippen molar-refractivity contribution in [2.24, 2.45) is 7.05 Å². The number of fused-ring (bicyclic) bond motifs is 2. The lowest BCUT2D eigenvalue weighted by molar-refractivity contribution is -0.0281. The maximum absolute atomic E-state index is 6.16. The van der Waals surface area contributed by atoms with Crippen LogP contribution in [0.2, 0.25) is 0 Å². The molecule has 0 unspecified atom stereocenters. The number of nitrogens with one attached hydrogen (secondary N) is 1. The van der Waals surface area contributed by atoms with Crippen LogP contribution in [0, 0.1) is 6.92 Å². The summed E-state index contributed by atoms with van der Waals surface area (Å²) in [6, 6.07) is 11.8. The molecule has 5 aromatic rings. The normalized spacial score (nSPS) is 15.3. The first-order valence-corrected chi connectivity index (χ1v) is 12.2. The first kappa shape index (κ1) is 23.1. The summed E-state index contributed by atoms with van der Waals surface area (Å²) in [6.45, 7) is 8.24. The molecule has 0 bridgehead atoms. The van der Waals surface area contributed by atoms with Gasteiger partial charge in [-0.2, -0.15) is 0 Å². The van der Waals surface area contributed by atoms with Crippen molar-refractivity contribution in [3.63, 3.8) is 0 Å². The van der Waals surface area contributed by atoms with Crippen molar-refractivity contribution >= 4 is 39.5 Å². The number of rotatable bonds is 5. The molecule has 37 heavy (non-hydrogen) atoms. The number of hydrogen-bond donors (Lipinski definition) is 1. The predicted molar refractivity (Wildman–Crippen MR) is 143 cm³/mol. The Morgan fingerprint density at radius 2 is 1.92 bits per heavy atom. The van der Waals surface area contributed by atoms with Gasteiger partial charge >= 0.3 is 0 Å². The smallest absolute Gasteiger partial charge is 0.226 e. The fraction of sp³-hybridized carbons (Fsp3) is 0.296. The van der Waals surface area contributed by atoms with E-state index in [1.54, 1.807) is 12.5 Å². The molecular weight excluding hydrogens is 468 g/mol. The topological polar surface area (TPSA) is 103 Å². The van der Waals surface area contributed by atoms with Crippen LogP contribution >= 0.6 is 0 Å². The molecule has 1 aliphatic rings. The molecule has 10 heteroatoms. The predicted octanol–water partition coefficient (Wildman–Crippen LogP) is 4.77. The highest BCUT2D eigenvalue weighted by molar-refractivity contribution is 5.87. The Labute approximate surface area is 214 Å². The van der Waals surface area contributed by atoms with E-state index in [1.165, 1.54) is 6.33 Å². The minimum atomic E-state index is -0.254. The standard InChI is InChI=1S/C27H28N8O2/c1-17-11-18(5-8-23(17)37-19-6-7-22-20(12-19)31-16-34(22)4)32-25-24-21(29-15-30-25)13-28-26(33-24)35-9-10-36-27(2,3)14-35/h5-8,11-13,15-16H,9-10,14H2,1-4H3,(H,29,30,32). The van der Waals surface area contributed by atoms with Crippen molar-refractivity contribution in [1.82, 2.24) is 29.5 Å². The minimum absolute atomic E-state index is 0.254. The van der Waals surface area contributed by atoms with Crippen LogP contribution in [0.15, 0.2) is 55.2 Å². The average Bonchev–Trinajstić information content (AvgIpc) is 3.25. The molecule has 0 saturated carbocycles. The zero-order valence-corrected chi connectivity index (χ0v) is 21.3. The third-order valence-electron chi connectivity index (χ3n) is 6.44. The molecule has 0 aliphatic carbocycles. The van der Waals surface area contributed by atoms with Gasteiger partial charge in [0.1, 0.15) is 28.9 Å². The van der Waals surface area contributed by atoms with E-state index < -0.39 is 0 Å². The van der Waals surface area contributed by atoms with Crippen LogP contribution in [-0.4, -0.2) is 54.8 Å². The van der Waals surface area contributed by atoms with E-state index in [0.29, 0.717) is 36.0 Å². The molecule has 4 heterocycles. The molecule has 6 rings (SSSR count). The van der Waals surface area contributed by atoms with E-state index in [9.17, 15) is 0 Å². The highest BCUT2D eigenvalue weighted by atomic mass is 16.5. The molecule has 0 amide bonds. The lowest BCUT2D eigenvalue weighted by Crippen LogP contribution is -2.49. The number of anilines is 3. The second-order valence-electron chi connectivity index (χ2n) is 9.87. The van der Waals surface area contributed by atoms with Crippen molar-refractivity contribution in [1.29, 1.82) is 0 Å². The summed E-state index contributed by atoms with van der Waals surface area (Å²) in [5.41, 5.74) is 4.90. The highest BCUT2D eigenvalue weighted by Crippen LogP contribution is 2.31. The zero-order chi connectivity index (χ0) is 25.6. The first-order chi connectivity index (χ1) is 17.8. The van der Waals surface area contributed by atoms with E-state index in [-0.39, 0.29) is 5.60 Å².